The van der Waals surface area contributed by atoms with Gasteiger partial charge in [-0.3, -0.25) is 4.79 Å². The lowest BCUT2D eigenvalue weighted by Crippen LogP contribution is -2.47. The molecule has 1 amide bonds. The van der Waals surface area contributed by atoms with E-state index >= 15 is 0 Å². The SMILES string of the molecule is CCC(CC)(CO)NCc1cccc(C(=O)NC)c1. The first-order chi connectivity index (χ1) is 9.10. The maximum absolute atomic E-state index is 11.6. The molecule has 0 saturated heterocycles. The molecule has 106 valence electrons. The maximum atomic E-state index is 11.6. The van der Waals surface area contributed by atoms with E-state index in [0.717, 1.165) is 18.4 Å². The Morgan fingerprint density at radius 3 is 2.53 bits per heavy atom. The quantitative estimate of drug-likeness (QED) is 0.702. The van der Waals surface area contributed by atoms with Crippen molar-refractivity contribution in [3.05, 3.63) is 35.4 Å². The van der Waals surface area contributed by atoms with Gasteiger partial charge in [0.1, 0.15) is 0 Å². The molecular formula is C15H24N2O2. The van der Waals surface area contributed by atoms with Crippen LogP contribution in [0.3, 0.4) is 0 Å². The molecule has 3 N–H and O–H groups in total. The van der Waals surface area contributed by atoms with Crippen LogP contribution in [-0.2, 0) is 6.54 Å². The van der Waals surface area contributed by atoms with Crippen LogP contribution in [0.25, 0.3) is 0 Å². The van der Waals surface area contributed by atoms with Crippen LogP contribution in [0.4, 0.5) is 0 Å². The molecule has 0 radical (unpaired) electrons. The highest BCUT2D eigenvalue weighted by Crippen LogP contribution is 2.15. The van der Waals surface area contributed by atoms with Crippen LogP contribution in [0.2, 0.25) is 0 Å². The molecule has 0 unspecified atom stereocenters. The highest BCUT2D eigenvalue weighted by atomic mass is 16.3. The fraction of sp³-hybridized carbons (Fsp3) is 0.533. The van der Waals surface area contributed by atoms with Gasteiger partial charge in [-0.05, 0) is 30.5 Å². The molecule has 0 aliphatic rings. The first-order valence-corrected chi connectivity index (χ1v) is 6.77. The summed E-state index contributed by atoms with van der Waals surface area (Å²) < 4.78 is 0. The number of aliphatic hydroxyl groups excluding tert-OH is 1. The van der Waals surface area contributed by atoms with Crippen LogP contribution in [0, 0.1) is 0 Å². The number of benzene rings is 1. The lowest BCUT2D eigenvalue weighted by Gasteiger charge is -2.31. The second kappa shape index (κ2) is 7.26. The van der Waals surface area contributed by atoms with E-state index in [-0.39, 0.29) is 18.1 Å². The van der Waals surface area contributed by atoms with Crippen molar-refractivity contribution in [1.82, 2.24) is 10.6 Å². The molecule has 0 fully saturated rings. The van der Waals surface area contributed by atoms with Crippen LogP contribution in [0.1, 0.15) is 42.6 Å². The molecule has 0 aromatic heterocycles. The summed E-state index contributed by atoms with van der Waals surface area (Å²) in [5, 5.41) is 15.5. The number of carbonyl (C=O) groups excluding carboxylic acids is 1. The largest absolute Gasteiger partial charge is 0.394 e. The molecule has 0 heterocycles. The summed E-state index contributed by atoms with van der Waals surface area (Å²) >= 11 is 0. The first kappa shape index (κ1) is 15.7. The van der Waals surface area contributed by atoms with Crippen LogP contribution < -0.4 is 10.6 Å². The van der Waals surface area contributed by atoms with Crippen molar-refractivity contribution in [2.45, 2.75) is 38.8 Å². The van der Waals surface area contributed by atoms with Gasteiger partial charge in [-0.15, -0.1) is 0 Å². The van der Waals surface area contributed by atoms with Crippen molar-refractivity contribution in [3.8, 4) is 0 Å². The minimum absolute atomic E-state index is 0.0822. The summed E-state index contributed by atoms with van der Waals surface area (Å²) in [6.45, 7) is 4.89. The average Bonchev–Trinajstić information content (AvgIpc) is 2.48. The lowest BCUT2D eigenvalue weighted by molar-refractivity contribution is 0.0963. The van der Waals surface area contributed by atoms with Crippen LogP contribution in [0.15, 0.2) is 24.3 Å². The molecule has 4 heteroatoms. The Hall–Kier alpha value is -1.39. The van der Waals surface area contributed by atoms with Crippen molar-refractivity contribution in [1.29, 1.82) is 0 Å². The Labute approximate surface area is 115 Å². The highest BCUT2D eigenvalue weighted by molar-refractivity contribution is 5.94. The zero-order valence-corrected chi connectivity index (χ0v) is 12.0. The van der Waals surface area contributed by atoms with Crippen LogP contribution in [-0.4, -0.2) is 30.2 Å². The normalized spacial score (nSPS) is 11.4. The third-order valence-electron chi connectivity index (χ3n) is 3.74. The summed E-state index contributed by atoms with van der Waals surface area (Å²) in [4.78, 5) is 11.6. The Kier molecular flexibility index (Phi) is 5.99. The van der Waals surface area contributed by atoms with Crippen molar-refractivity contribution in [2.75, 3.05) is 13.7 Å². The number of rotatable bonds is 7. The van der Waals surface area contributed by atoms with E-state index in [4.69, 9.17) is 0 Å². The third kappa shape index (κ3) is 4.04. The van der Waals surface area contributed by atoms with Gasteiger partial charge in [0.05, 0.1) is 6.61 Å². The molecule has 0 saturated carbocycles. The Morgan fingerprint density at radius 2 is 2.00 bits per heavy atom. The van der Waals surface area contributed by atoms with Gasteiger partial charge in [-0.1, -0.05) is 26.0 Å². The average molecular weight is 264 g/mol. The van der Waals surface area contributed by atoms with Crippen molar-refractivity contribution < 1.29 is 9.90 Å². The topological polar surface area (TPSA) is 61.4 Å². The van der Waals surface area contributed by atoms with E-state index in [0.29, 0.717) is 12.1 Å². The molecule has 0 aliphatic carbocycles. The van der Waals surface area contributed by atoms with E-state index in [1.807, 2.05) is 18.2 Å². The van der Waals surface area contributed by atoms with Crippen molar-refractivity contribution in [3.63, 3.8) is 0 Å². The zero-order valence-electron chi connectivity index (χ0n) is 12.0. The number of amides is 1. The Morgan fingerprint density at radius 1 is 1.32 bits per heavy atom. The first-order valence-electron chi connectivity index (χ1n) is 6.77. The van der Waals surface area contributed by atoms with Crippen molar-refractivity contribution >= 4 is 5.91 Å². The number of carbonyl (C=O) groups is 1. The third-order valence-corrected chi connectivity index (χ3v) is 3.74. The van der Waals surface area contributed by atoms with Gasteiger partial charge in [-0.25, -0.2) is 0 Å². The summed E-state index contributed by atoms with van der Waals surface area (Å²) in [6.07, 6.45) is 1.74. The monoisotopic (exact) mass is 264 g/mol. The van der Waals surface area contributed by atoms with Crippen molar-refractivity contribution in [2.24, 2.45) is 0 Å². The minimum atomic E-state index is -0.233. The predicted molar refractivity (Wildman–Crippen MR) is 77.1 cm³/mol. The zero-order chi connectivity index (χ0) is 14.3. The van der Waals surface area contributed by atoms with E-state index in [1.165, 1.54) is 0 Å². The number of nitrogens with one attached hydrogen (secondary N) is 2. The summed E-state index contributed by atoms with van der Waals surface area (Å²) in [5.74, 6) is -0.0822. The summed E-state index contributed by atoms with van der Waals surface area (Å²) in [6, 6.07) is 7.52. The fourth-order valence-corrected chi connectivity index (χ4v) is 2.04. The second-order valence-electron chi connectivity index (χ2n) is 4.78. The molecule has 0 aliphatic heterocycles. The Bertz CT molecular complexity index is 406. The van der Waals surface area contributed by atoms with E-state index in [9.17, 15) is 9.90 Å². The number of hydrogen-bond acceptors (Lipinski definition) is 3. The summed E-state index contributed by atoms with van der Waals surface area (Å²) in [7, 11) is 1.62. The van der Waals surface area contributed by atoms with Gasteiger partial charge in [0.25, 0.3) is 5.91 Å². The van der Waals surface area contributed by atoms with Gasteiger partial charge < -0.3 is 15.7 Å². The van der Waals surface area contributed by atoms with E-state index in [2.05, 4.69) is 24.5 Å². The smallest absolute Gasteiger partial charge is 0.251 e. The molecule has 4 nitrogen and oxygen atoms in total. The number of aliphatic hydroxyl groups is 1. The standard InChI is InChI=1S/C15H24N2O2/c1-4-15(5-2,11-18)17-10-12-7-6-8-13(9-12)14(19)16-3/h6-9,17-18H,4-5,10-11H2,1-3H3,(H,16,19). The minimum Gasteiger partial charge on any atom is -0.394 e. The lowest BCUT2D eigenvalue weighted by atomic mass is 9.93. The van der Waals surface area contributed by atoms with Gasteiger partial charge in [0.15, 0.2) is 0 Å². The van der Waals surface area contributed by atoms with Gasteiger partial charge in [0.2, 0.25) is 0 Å². The van der Waals surface area contributed by atoms with Gasteiger partial charge >= 0.3 is 0 Å². The van der Waals surface area contributed by atoms with Gasteiger partial charge in [0, 0.05) is 24.7 Å². The van der Waals surface area contributed by atoms with E-state index in [1.54, 1.807) is 13.1 Å². The van der Waals surface area contributed by atoms with Gasteiger partial charge in [-0.2, -0.15) is 0 Å². The predicted octanol–water partition coefficient (Wildman–Crippen LogP) is 1.69. The molecule has 1 aromatic carbocycles. The molecule has 0 bridgehead atoms. The van der Waals surface area contributed by atoms with Crippen LogP contribution >= 0.6 is 0 Å². The molecule has 0 atom stereocenters. The molecule has 1 aromatic rings. The van der Waals surface area contributed by atoms with Crippen LogP contribution in [0.5, 0.6) is 0 Å². The molecule has 19 heavy (non-hydrogen) atoms. The molecular weight excluding hydrogens is 240 g/mol. The summed E-state index contributed by atoms with van der Waals surface area (Å²) in [5.41, 5.74) is 1.47. The second-order valence-corrected chi connectivity index (χ2v) is 4.78. The highest BCUT2D eigenvalue weighted by Gasteiger charge is 2.23. The molecule has 0 spiro atoms. The van der Waals surface area contributed by atoms with E-state index < -0.39 is 0 Å². The maximum Gasteiger partial charge on any atom is 0.251 e. The fourth-order valence-electron chi connectivity index (χ4n) is 2.04. The number of hydrogen-bond donors (Lipinski definition) is 3. The molecule has 1 rings (SSSR count). The Balaban J connectivity index is 2.75.